The van der Waals surface area contributed by atoms with Crippen molar-refractivity contribution in [3.63, 3.8) is 0 Å². The second-order valence-corrected chi connectivity index (χ2v) is 3.68. The van der Waals surface area contributed by atoms with Gasteiger partial charge in [-0.05, 0) is 25.0 Å². The maximum Gasteiger partial charge on any atom is -0.0262 e. The van der Waals surface area contributed by atoms with Crippen LogP contribution in [0.25, 0.3) is 0 Å². The first-order valence-electron chi connectivity index (χ1n) is 9.51. The fourth-order valence-electron chi connectivity index (χ4n) is 0.933. The Morgan fingerprint density at radius 3 is 0.962 bits per heavy atom. The van der Waals surface area contributed by atoms with Gasteiger partial charge >= 0.3 is 0 Å². The molecule has 0 rings (SSSR count). The van der Waals surface area contributed by atoms with Gasteiger partial charge in [-0.15, -0.1) is 0 Å². The molecule has 0 N–H and O–H groups in total. The van der Waals surface area contributed by atoms with Gasteiger partial charge in [0.1, 0.15) is 0 Å². The average Bonchev–Trinajstić information content (AvgIpc) is 2.72. The molecule has 0 saturated heterocycles. The van der Waals surface area contributed by atoms with Crippen LogP contribution < -0.4 is 0 Å². The van der Waals surface area contributed by atoms with Crippen LogP contribution in [-0.4, -0.2) is 0 Å². The van der Waals surface area contributed by atoms with E-state index in [2.05, 4.69) is 26.3 Å². The van der Waals surface area contributed by atoms with E-state index in [-0.39, 0.29) is 0 Å². The Balaban J connectivity index is -0.0000000910. The molecule has 0 spiro atoms. The van der Waals surface area contributed by atoms with E-state index in [4.69, 9.17) is 0 Å². The van der Waals surface area contributed by atoms with E-state index >= 15 is 0 Å². The lowest BCUT2D eigenvalue weighted by Gasteiger charge is -1.96. The number of allylic oxidation sites excluding steroid dienone is 14. The van der Waals surface area contributed by atoms with Gasteiger partial charge in [0.05, 0.1) is 0 Å². The Morgan fingerprint density at radius 1 is 0.500 bits per heavy atom. The average molecular weight is 357 g/mol. The molecule has 0 heteroatoms. The first-order valence-corrected chi connectivity index (χ1v) is 9.51. The van der Waals surface area contributed by atoms with Crippen molar-refractivity contribution in [1.29, 1.82) is 0 Å². The van der Waals surface area contributed by atoms with Gasteiger partial charge in [0.2, 0.25) is 0 Å². The summed E-state index contributed by atoms with van der Waals surface area (Å²) in [6.45, 7) is 30.8. The number of hydrogen-bond acceptors (Lipinski definition) is 0. The van der Waals surface area contributed by atoms with Crippen LogP contribution in [0.3, 0.4) is 0 Å². The van der Waals surface area contributed by atoms with Gasteiger partial charge in [0.25, 0.3) is 0 Å². The van der Waals surface area contributed by atoms with Crippen LogP contribution in [0.1, 0.15) is 55.4 Å². The molecule has 0 fully saturated rings. The zero-order valence-electron chi connectivity index (χ0n) is 18.8. The molecule has 0 aromatic rings. The first-order chi connectivity index (χ1) is 12.6. The molecule has 0 aliphatic rings. The number of hydrogen-bond donors (Lipinski definition) is 0. The van der Waals surface area contributed by atoms with E-state index < -0.39 is 0 Å². The summed E-state index contributed by atoms with van der Waals surface area (Å²) >= 11 is 0. The Morgan fingerprint density at radius 2 is 0.769 bits per heavy atom. The molecule has 26 heavy (non-hydrogen) atoms. The third-order valence-corrected chi connectivity index (χ3v) is 2.00. The van der Waals surface area contributed by atoms with Crippen LogP contribution in [0, 0.1) is 0 Å². The highest BCUT2D eigenvalue weighted by atomic mass is 13.9. The molecule has 0 saturated carbocycles. The summed E-state index contributed by atoms with van der Waals surface area (Å²) in [6, 6.07) is 0. The highest BCUT2D eigenvalue weighted by Gasteiger charge is 1.88. The van der Waals surface area contributed by atoms with Crippen LogP contribution in [0.2, 0.25) is 0 Å². The van der Waals surface area contributed by atoms with Gasteiger partial charge in [-0.1, -0.05) is 141 Å². The molecule has 0 aromatic heterocycles. The van der Waals surface area contributed by atoms with E-state index in [1.165, 1.54) is 0 Å². The van der Waals surface area contributed by atoms with Crippen molar-refractivity contribution in [2.24, 2.45) is 0 Å². The van der Waals surface area contributed by atoms with Crippen molar-refractivity contribution in [2.75, 3.05) is 0 Å². The maximum atomic E-state index is 3.83. The van der Waals surface area contributed by atoms with Crippen LogP contribution in [0.5, 0.6) is 0 Å². The van der Waals surface area contributed by atoms with Gasteiger partial charge < -0.3 is 0 Å². The van der Waals surface area contributed by atoms with Crippen molar-refractivity contribution >= 4 is 0 Å². The largest absolute Gasteiger partial charge is 0.0991 e. The van der Waals surface area contributed by atoms with E-state index in [0.717, 1.165) is 11.1 Å². The van der Waals surface area contributed by atoms with Gasteiger partial charge in [-0.2, -0.15) is 0 Å². The minimum Gasteiger partial charge on any atom is -0.0991 e. The molecule has 0 unspecified atom stereocenters. The van der Waals surface area contributed by atoms with E-state index in [1.807, 2.05) is 116 Å². The van der Waals surface area contributed by atoms with Gasteiger partial charge in [0.15, 0.2) is 0 Å². The summed E-state index contributed by atoms with van der Waals surface area (Å²) in [7, 11) is 0. The lowest BCUT2D eigenvalue weighted by molar-refractivity contribution is 1.50. The van der Waals surface area contributed by atoms with Crippen molar-refractivity contribution in [2.45, 2.75) is 55.4 Å². The monoisotopic (exact) mass is 356 g/mol. The predicted octanol–water partition coefficient (Wildman–Crippen LogP) is 9.36. The predicted molar refractivity (Wildman–Crippen MR) is 130 cm³/mol. The molecular weight excluding hydrogens is 312 g/mol. The molecule has 148 valence electrons. The van der Waals surface area contributed by atoms with E-state index in [9.17, 15) is 0 Å². The first kappa shape index (κ1) is 34.9. The molecule has 0 atom stereocenters. The van der Waals surface area contributed by atoms with Crippen LogP contribution in [0.4, 0.5) is 0 Å². The van der Waals surface area contributed by atoms with Crippen LogP contribution in [-0.2, 0) is 0 Å². The van der Waals surface area contributed by atoms with Gasteiger partial charge in [0, 0.05) is 0 Å². The molecule has 0 aliphatic heterocycles. The molecule has 0 bridgehead atoms. The minimum absolute atomic E-state index is 0.882. The lowest BCUT2D eigenvalue weighted by Crippen LogP contribution is -1.76. The highest BCUT2D eigenvalue weighted by molar-refractivity contribution is 5.43. The fraction of sp³-hybridized carbons (Fsp3) is 0.308. The fourth-order valence-corrected chi connectivity index (χ4v) is 0.933. The topological polar surface area (TPSA) is 0 Å². The zero-order valence-corrected chi connectivity index (χ0v) is 18.8. The van der Waals surface area contributed by atoms with Crippen molar-refractivity contribution in [3.05, 3.63) is 110 Å². The third kappa shape index (κ3) is 43.0. The Hall–Kier alpha value is -2.34. The Kier molecular flexibility index (Phi) is 58.2. The standard InChI is InChI=1S/C12H14.C8H12.3C2H6/c1-5-7-9-11(3)12(4)10-8-6-2;1-3-5-7-8-6-4-2;3*1-2/h5-10H,1-4H2;3-8H,1-2H3;3*1-2H3/b9-7-,10-8-;5-3-,6-4-,8-7-;;;. The molecule has 0 aromatic carbocycles. The Bertz CT molecular complexity index is 393. The van der Waals surface area contributed by atoms with E-state index in [1.54, 1.807) is 12.2 Å². The summed E-state index contributed by atoms with van der Waals surface area (Å²) in [6.07, 6.45) is 22.8. The molecule has 0 heterocycles. The maximum absolute atomic E-state index is 3.83. The second kappa shape index (κ2) is 43.4. The van der Waals surface area contributed by atoms with Crippen LogP contribution in [0.15, 0.2) is 110 Å². The SMILES string of the molecule is C=C/C=C\C(=C)C(=C)/C=C\C=C.CC.CC.CC.C\C=C/C=C\C=C/C. The molecule has 0 aliphatic carbocycles. The summed E-state index contributed by atoms with van der Waals surface area (Å²) < 4.78 is 0. The summed E-state index contributed by atoms with van der Waals surface area (Å²) in [5.41, 5.74) is 1.76. The van der Waals surface area contributed by atoms with Crippen molar-refractivity contribution in [3.8, 4) is 0 Å². The van der Waals surface area contributed by atoms with Gasteiger partial charge in [-0.3, -0.25) is 0 Å². The normalized spacial score (nSPS) is 9.38. The van der Waals surface area contributed by atoms with Crippen molar-refractivity contribution < 1.29 is 0 Å². The summed E-state index contributed by atoms with van der Waals surface area (Å²) in [4.78, 5) is 0. The van der Waals surface area contributed by atoms with Gasteiger partial charge in [-0.25, -0.2) is 0 Å². The summed E-state index contributed by atoms with van der Waals surface area (Å²) in [5.74, 6) is 0. The number of rotatable bonds is 7. The lowest BCUT2D eigenvalue weighted by atomic mass is 10.1. The molecular formula is C26H44. The zero-order chi connectivity index (χ0) is 21.6. The molecule has 0 nitrogen and oxygen atoms in total. The van der Waals surface area contributed by atoms with Crippen molar-refractivity contribution in [1.82, 2.24) is 0 Å². The molecule has 0 amide bonds. The molecule has 0 radical (unpaired) electrons. The third-order valence-electron chi connectivity index (χ3n) is 2.00. The minimum atomic E-state index is 0.882. The quantitative estimate of drug-likeness (QED) is 0.398. The Labute approximate surface area is 166 Å². The van der Waals surface area contributed by atoms with Crippen LogP contribution >= 0.6 is 0 Å². The highest BCUT2D eigenvalue weighted by Crippen LogP contribution is 2.07. The smallest absolute Gasteiger partial charge is 0.0262 e. The second-order valence-electron chi connectivity index (χ2n) is 3.68. The summed E-state index contributed by atoms with van der Waals surface area (Å²) in [5, 5.41) is 0. The van der Waals surface area contributed by atoms with E-state index in [0.29, 0.717) is 0 Å².